The molecule has 2 atom stereocenters. The number of aliphatic carboxylic acids is 1. The van der Waals surface area contributed by atoms with Gasteiger partial charge < -0.3 is 14.7 Å². The second-order valence-corrected chi connectivity index (χ2v) is 8.91. The van der Waals surface area contributed by atoms with Crippen molar-refractivity contribution in [1.29, 1.82) is 0 Å². The molecule has 4 rings (SSSR count). The van der Waals surface area contributed by atoms with Crippen molar-refractivity contribution >= 4 is 23.3 Å². The van der Waals surface area contributed by atoms with Gasteiger partial charge in [0.05, 0.1) is 12.6 Å². The molecule has 7 nitrogen and oxygen atoms in total. The van der Waals surface area contributed by atoms with Crippen LogP contribution in [0.1, 0.15) is 11.3 Å². The zero-order valence-electron chi connectivity index (χ0n) is 18.4. The van der Waals surface area contributed by atoms with Gasteiger partial charge in [-0.1, -0.05) is 41.9 Å². The first-order chi connectivity index (χ1) is 16.2. The SMILES string of the molecule is O=C(O)COCC1C(N2CCN(Cc3ccccc3)CC2)CN1c1cc(Cl)nc(C(F)(F)F)c1. The molecule has 1 N–H and O–H groups in total. The molecule has 1 aromatic carbocycles. The Morgan fingerprint density at radius 2 is 1.85 bits per heavy atom. The lowest BCUT2D eigenvalue weighted by Gasteiger charge is -2.55. The first kappa shape index (κ1) is 24.7. The summed E-state index contributed by atoms with van der Waals surface area (Å²) in [6.07, 6.45) is -4.62. The average molecular weight is 499 g/mol. The van der Waals surface area contributed by atoms with Gasteiger partial charge in [0.25, 0.3) is 0 Å². The van der Waals surface area contributed by atoms with E-state index in [0.29, 0.717) is 12.2 Å². The number of nitrogens with zero attached hydrogens (tertiary/aromatic N) is 4. The summed E-state index contributed by atoms with van der Waals surface area (Å²) in [5, 5.41) is 8.68. The van der Waals surface area contributed by atoms with Crippen LogP contribution < -0.4 is 4.90 Å². The molecule has 2 fully saturated rings. The predicted molar refractivity (Wildman–Crippen MR) is 121 cm³/mol. The maximum atomic E-state index is 13.2. The number of halogens is 4. The largest absolute Gasteiger partial charge is 0.480 e. The van der Waals surface area contributed by atoms with Crippen molar-refractivity contribution in [2.24, 2.45) is 0 Å². The summed E-state index contributed by atoms with van der Waals surface area (Å²) < 4.78 is 45.1. The van der Waals surface area contributed by atoms with Gasteiger partial charge in [-0.25, -0.2) is 9.78 Å². The van der Waals surface area contributed by atoms with E-state index in [9.17, 15) is 18.0 Å². The minimum atomic E-state index is -4.62. The molecule has 0 saturated carbocycles. The first-order valence-electron chi connectivity index (χ1n) is 11.0. The molecule has 0 amide bonds. The quantitative estimate of drug-likeness (QED) is 0.560. The number of carboxylic acid groups (broad SMARTS) is 1. The van der Waals surface area contributed by atoms with E-state index in [2.05, 4.69) is 26.9 Å². The van der Waals surface area contributed by atoms with Crippen molar-refractivity contribution in [2.75, 3.05) is 50.8 Å². The van der Waals surface area contributed by atoms with E-state index in [-0.39, 0.29) is 23.8 Å². The third kappa shape index (κ3) is 5.99. The van der Waals surface area contributed by atoms with Gasteiger partial charge in [-0.2, -0.15) is 13.2 Å². The summed E-state index contributed by atoms with van der Waals surface area (Å²) in [5.41, 5.74) is 0.495. The monoisotopic (exact) mass is 498 g/mol. The van der Waals surface area contributed by atoms with Crippen LogP contribution in [0.25, 0.3) is 0 Å². The molecule has 0 aliphatic carbocycles. The minimum absolute atomic E-state index is 0.0361. The van der Waals surface area contributed by atoms with Gasteiger partial charge in [0.2, 0.25) is 0 Å². The second kappa shape index (κ2) is 10.5. The molecule has 0 spiro atoms. The Morgan fingerprint density at radius 3 is 2.50 bits per heavy atom. The van der Waals surface area contributed by atoms with Crippen molar-refractivity contribution in [1.82, 2.24) is 14.8 Å². The smallest absolute Gasteiger partial charge is 0.433 e. The van der Waals surface area contributed by atoms with Gasteiger partial charge in [-0.3, -0.25) is 9.80 Å². The van der Waals surface area contributed by atoms with E-state index in [1.165, 1.54) is 11.6 Å². The molecule has 11 heteroatoms. The molecule has 0 radical (unpaired) electrons. The maximum Gasteiger partial charge on any atom is 0.433 e. The maximum absolute atomic E-state index is 13.2. The molecule has 2 aliphatic rings. The lowest BCUT2D eigenvalue weighted by molar-refractivity contribution is -0.143. The molecule has 2 unspecified atom stereocenters. The highest BCUT2D eigenvalue weighted by atomic mass is 35.5. The average Bonchev–Trinajstić information content (AvgIpc) is 2.77. The molecule has 34 heavy (non-hydrogen) atoms. The number of alkyl halides is 3. The molecule has 2 aromatic rings. The number of rotatable bonds is 8. The number of carboxylic acids is 1. The molecule has 3 heterocycles. The summed E-state index contributed by atoms with van der Waals surface area (Å²) in [6.45, 7) is 4.34. The number of piperazine rings is 1. The third-order valence-corrected chi connectivity index (χ3v) is 6.46. The fourth-order valence-corrected chi connectivity index (χ4v) is 4.74. The summed E-state index contributed by atoms with van der Waals surface area (Å²) in [5.74, 6) is -1.09. The lowest BCUT2D eigenvalue weighted by atomic mass is 9.93. The normalized spacial score (nSPS) is 21.9. The van der Waals surface area contributed by atoms with Crippen molar-refractivity contribution in [3.63, 3.8) is 0 Å². The number of hydrogen-bond acceptors (Lipinski definition) is 6. The molecule has 2 aliphatic heterocycles. The summed E-state index contributed by atoms with van der Waals surface area (Å²) in [7, 11) is 0. The van der Waals surface area contributed by atoms with Crippen molar-refractivity contribution in [3.8, 4) is 0 Å². The molecular formula is C23H26ClF3N4O3. The number of anilines is 1. The standard InChI is InChI=1S/C23H26ClF3N4O3/c24-21-11-17(10-20(28-21)23(25,26)27)31-13-18(19(31)14-34-15-22(32)33)30-8-6-29(7-9-30)12-16-4-2-1-3-5-16/h1-5,10-11,18-19H,6-9,12-15H2,(H,32,33). The highest BCUT2D eigenvalue weighted by Crippen LogP contribution is 2.36. The minimum Gasteiger partial charge on any atom is -0.480 e. The van der Waals surface area contributed by atoms with Crippen LogP contribution in [0.2, 0.25) is 5.15 Å². The highest BCUT2D eigenvalue weighted by Gasteiger charge is 2.44. The first-order valence-corrected chi connectivity index (χ1v) is 11.4. The fourth-order valence-electron chi connectivity index (χ4n) is 4.54. The number of carbonyl (C=O) groups is 1. The van der Waals surface area contributed by atoms with Gasteiger partial charge in [-0.15, -0.1) is 0 Å². The van der Waals surface area contributed by atoms with Crippen molar-refractivity contribution in [3.05, 3.63) is 58.9 Å². The zero-order valence-corrected chi connectivity index (χ0v) is 19.2. The third-order valence-electron chi connectivity index (χ3n) is 6.27. The van der Waals surface area contributed by atoms with E-state index in [1.54, 1.807) is 4.90 Å². The van der Waals surface area contributed by atoms with Gasteiger partial charge in [-0.05, 0) is 17.7 Å². The van der Waals surface area contributed by atoms with E-state index < -0.39 is 24.4 Å². The van der Waals surface area contributed by atoms with Gasteiger partial charge >= 0.3 is 12.1 Å². The number of aromatic nitrogens is 1. The van der Waals surface area contributed by atoms with Gasteiger partial charge in [0, 0.05) is 51.0 Å². The van der Waals surface area contributed by atoms with Crippen LogP contribution in [0.15, 0.2) is 42.5 Å². The fraction of sp³-hybridized carbons (Fsp3) is 0.478. The van der Waals surface area contributed by atoms with Crippen LogP contribution in [0.4, 0.5) is 18.9 Å². The van der Waals surface area contributed by atoms with Gasteiger partial charge in [0.15, 0.2) is 0 Å². The van der Waals surface area contributed by atoms with E-state index >= 15 is 0 Å². The summed E-state index contributed by atoms with van der Waals surface area (Å²) >= 11 is 5.88. The summed E-state index contributed by atoms with van der Waals surface area (Å²) in [6, 6.07) is 12.3. The highest BCUT2D eigenvalue weighted by molar-refractivity contribution is 6.29. The Hall–Kier alpha value is -2.40. The number of ether oxygens (including phenoxy) is 1. The Morgan fingerprint density at radius 1 is 1.15 bits per heavy atom. The van der Waals surface area contributed by atoms with Crippen LogP contribution >= 0.6 is 11.6 Å². The van der Waals surface area contributed by atoms with E-state index in [4.69, 9.17) is 21.4 Å². The number of pyridine rings is 1. The molecule has 2 saturated heterocycles. The Bertz CT molecular complexity index is 987. The predicted octanol–water partition coefficient (Wildman–Crippen LogP) is 3.23. The van der Waals surface area contributed by atoms with E-state index in [1.807, 2.05) is 18.2 Å². The van der Waals surface area contributed by atoms with Crippen molar-refractivity contribution < 1.29 is 27.8 Å². The Balaban J connectivity index is 1.43. The van der Waals surface area contributed by atoms with Crippen LogP contribution in [0.5, 0.6) is 0 Å². The van der Waals surface area contributed by atoms with Crippen LogP contribution in [0.3, 0.4) is 0 Å². The molecule has 0 bridgehead atoms. The topological polar surface area (TPSA) is 69.1 Å². The van der Waals surface area contributed by atoms with Crippen molar-refractivity contribution in [2.45, 2.75) is 24.8 Å². The van der Waals surface area contributed by atoms with Crippen LogP contribution in [-0.2, 0) is 22.3 Å². The molecule has 1 aromatic heterocycles. The Labute approximate surface area is 200 Å². The molecule has 184 valence electrons. The van der Waals surface area contributed by atoms with Crippen LogP contribution in [-0.4, -0.2) is 83.9 Å². The Kier molecular flexibility index (Phi) is 7.61. The summed E-state index contributed by atoms with van der Waals surface area (Å²) in [4.78, 5) is 20.8. The number of hydrogen-bond donors (Lipinski definition) is 1. The number of benzene rings is 1. The zero-order chi connectivity index (χ0) is 24.3. The molecular weight excluding hydrogens is 473 g/mol. The van der Waals surface area contributed by atoms with E-state index in [0.717, 1.165) is 38.8 Å². The van der Waals surface area contributed by atoms with Gasteiger partial charge in [0.1, 0.15) is 17.5 Å². The second-order valence-electron chi connectivity index (χ2n) is 8.52. The lowest BCUT2D eigenvalue weighted by Crippen LogP contribution is -2.70. The van der Waals surface area contributed by atoms with Crippen LogP contribution in [0, 0.1) is 0 Å².